The first-order chi connectivity index (χ1) is 6.41. The third-order valence-corrected chi connectivity index (χ3v) is 2.70. The predicted molar refractivity (Wildman–Crippen MR) is 53.0 cm³/mol. The Bertz CT molecular complexity index is 269. The van der Waals surface area contributed by atoms with E-state index >= 15 is 0 Å². The number of hydrogen-bond donors (Lipinski definition) is 2. The molecule has 1 fully saturated rings. The Balaban J connectivity index is 2.75. The molecule has 0 aliphatic heterocycles. The van der Waals surface area contributed by atoms with Crippen molar-refractivity contribution in [1.82, 2.24) is 4.90 Å². The summed E-state index contributed by atoms with van der Waals surface area (Å²) < 4.78 is 0. The summed E-state index contributed by atoms with van der Waals surface area (Å²) in [6, 6.07) is 0.341. The van der Waals surface area contributed by atoms with Crippen LogP contribution in [0.2, 0.25) is 0 Å². The molecular formula is C9H17N3O2. The molecule has 1 amide bonds. The van der Waals surface area contributed by atoms with Crippen LogP contribution in [0.5, 0.6) is 0 Å². The van der Waals surface area contributed by atoms with Crippen LogP contribution in [0.15, 0.2) is 5.16 Å². The SMILES string of the molecule is CN(C(=O)C(C)(C)C(N)=NO)C1CC1. The Morgan fingerprint density at radius 2 is 2.07 bits per heavy atom. The normalized spacial score (nSPS) is 18.1. The molecule has 80 valence electrons. The van der Waals surface area contributed by atoms with Crippen molar-refractivity contribution in [1.29, 1.82) is 0 Å². The van der Waals surface area contributed by atoms with Gasteiger partial charge in [-0.25, -0.2) is 0 Å². The highest BCUT2D eigenvalue weighted by molar-refractivity contribution is 6.05. The van der Waals surface area contributed by atoms with E-state index < -0.39 is 5.41 Å². The fraction of sp³-hybridized carbons (Fsp3) is 0.778. The molecule has 0 bridgehead atoms. The molecule has 0 aromatic heterocycles. The van der Waals surface area contributed by atoms with Gasteiger partial charge in [-0.15, -0.1) is 0 Å². The van der Waals surface area contributed by atoms with Crippen molar-refractivity contribution in [2.75, 3.05) is 7.05 Å². The maximum atomic E-state index is 11.9. The van der Waals surface area contributed by atoms with Gasteiger partial charge >= 0.3 is 0 Å². The molecule has 0 atom stereocenters. The van der Waals surface area contributed by atoms with Crippen molar-refractivity contribution in [3.8, 4) is 0 Å². The van der Waals surface area contributed by atoms with Crippen LogP contribution < -0.4 is 5.73 Å². The van der Waals surface area contributed by atoms with Gasteiger partial charge in [0.05, 0.1) is 0 Å². The van der Waals surface area contributed by atoms with Crippen LogP contribution in [0.25, 0.3) is 0 Å². The largest absolute Gasteiger partial charge is 0.409 e. The van der Waals surface area contributed by atoms with Crippen molar-refractivity contribution in [3.63, 3.8) is 0 Å². The van der Waals surface area contributed by atoms with Gasteiger partial charge in [-0.05, 0) is 26.7 Å². The van der Waals surface area contributed by atoms with Gasteiger partial charge in [0.25, 0.3) is 0 Å². The summed E-state index contributed by atoms with van der Waals surface area (Å²) >= 11 is 0. The van der Waals surface area contributed by atoms with E-state index in [1.165, 1.54) is 0 Å². The number of rotatable bonds is 3. The molecule has 0 saturated heterocycles. The standard InChI is InChI=1S/C9H17N3O2/c1-9(2,7(10)11-14)8(13)12(3)6-4-5-6/h6,14H,4-5H2,1-3H3,(H2,10,11). The summed E-state index contributed by atoms with van der Waals surface area (Å²) in [4.78, 5) is 13.6. The average molecular weight is 199 g/mol. The third kappa shape index (κ3) is 1.81. The molecule has 1 aliphatic carbocycles. The lowest BCUT2D eigenvalue weighted by Crippen LogP contribution is -2.47. The van der Waals surface area contributed by atoms with Gasteiger partial charge < -0.3 is 15.8 Å². The van der Waals surface area contributed by atoms with E-state index in [-0.39, 0.29) is 11.7 Å². The summed E-state index contributed by atoms with van der Waals surface area (Å²) in [5, 5.41) is 11.4. The Morgan fingerprint density at radius 3 is 2.43 bits per heavy atom. The van der Waals surface area contributed by atoms with Gasteiger partial charge in [0, 0.05) is 13.1 Å². The average Bonchev–Trinajstić information content (AvgIpc) is 2.97. The van der Waals surface area contributed by atoms with E-state index in [0.29, 0.717) is 6.04 Å². The van der Waals surface area contributed by atoms with Crippen LogP contribution >= 0.6 is 0 Å². The first-order valence-electron chi connectivity index (χ1n) is 4.66. The maximum absolute atomic E-state index is 11.9. The van der Waals surface area contributed by atoms with Crippen molar-refractivity contribution < 1.29 is 10.0 Å². The highest BCUT2D eigenvalue weighted by Crippen LogP contribution is 2.29. The van der Waals surface area contributed by atoms with Gasteiger partial charge in [-0.2, -0.15) is 0 Å². The first kappa shape index (κ1) is 10.8. The Morgan fingerprint density at radius 1 is 1.57 bits per heavy atom. The van der Waals surface area contributed by atoms with E-state index in [1.807, 2.05) is 0 Å². The summed E-state index contributed by atoms with van der Waals surface area (Å²) in [7, 11) is 1.76. The van der Waals surface area contributed by atoms with Crippen molar-refractivity contribution in [2.45, 2.75) is 32.7 Å². The fourth-order valence-electron chi connectivity index (χ4n) is 1.30. The second-order valence-corrected chi connectivity index (χ2v) is 4.26. The van der Waals surface area contributed by atoms with Gasteiger partial charge in [-0.3, -0.25) is 4.79 Å². The summed E-state index contributed by atoms with van der Waals surface area (Å²) in [6.45, 7) is 3.31. The third-order valence-electron chi connectivity index (χ3n) is 2.70. The topological polar surface area (TPSA) is 78.9 Å². The van der Waals surface area contributed by atoms with Crippen LogP contribution in [0.3, 0.4) is 0 Å². The Kier molecular flexibility index (Phi) is 2.69. The number of carbonyl (C=O) groups excluding carboxylic acids is 1. The van der Waals surface area contributed by atoms with Crippen molar-refractivity contribution in [3.05, 3.63) is 0 Å². The molecule has 3 N–H and O–H groups in total. The molecular weight excluding hydrogens is 182 g/mol. The fourth-order valence-corrected chi connectivity index (χ4v) is 1.30. The first-order valence-corrected chi connectivity index (χ1v) is 4.66. The number of oxime groups is 1. The zero-order valence-electron chi connectivity index (χ0n) is 8.82. The minimum atomic E-state index is -0.925. The molecule has 5 heteroatoms. The molecule has 0 unspecified atom stereocenters. The minimum absolute atomic E-state index is 0.0463. The van der Waals surface area contributed by atoms with Crippen LogP contribution in [0.1, 0.15) is 26.7 Å². The predicted octanol–water partition coefficient (Wildman–Crippen LogP) is 0.380. The highest BCUT2D eigenvalue weighted by Gasteiger charge is 2.40. The summed E-state index contributed by atoms with van der Waals surface area (Å²) in [6.07, 6.45) is 2.10. The Hall–Kier alpha value is -1.26. The number of hydrogen-bond acceptors (Lipinski definition) is 3. The number of amides is 1. The molecule has 0 heterocycles. The van der Waals surface area contributed by atoms with Gasteiger partial charge in [-0.1, -0.05) is 5.16 Å². The molecule has 1 aliphatic rings. The van der Waals surface area contributed by atoms with Gasteiger partial charge in [0.15, 0.2) is 5.84 Å². The Labute approximate surface area is 83.6 Å². The monoisotopic (exact) mass is 199 g/mol. The zero-order chi connectivity index (χ0) is 10.9. The number of amidine groups is 1. The van der Waals surface area contributed by atoms with Crippen LogP contribution in [-0.2, 0) is 4.79 Å². The van der Waals surface area contributed by atoms with Crippen molar-refractivity contribution >= 4 is 11.7 Å². The molecule has 0 radical (unpaired) electrons. The molecule has 1 rings (SSSR count). The molecule has 14 heavy (non-hydrogen) atoms. The molecule has 5 nitrogen and oxygen atoms in total. The van der Waals surface area contributed by atoms with Gasteiger partial charge in [0.1, 0.15) is 5.41 Å². The smallest absolute Gasteiger partial charge is 0.235 e. The highest BCUT2D eigenvalue weighted by atomic mass is 16.4. The summed E-state index contributed by atoms with van der Waals surface area (Å²) in [5.41, 5.74) is 4.54. The zero-order valence-corrected chi connectivity index (χ0v) is 8.82. The van der Waals surface area contributed by atoms with Crippen molar-refractivity contribution in [2.24, 2.45) is 16.3 Å². The van der Waals surface area contributed by atoms with Gasteiger partial charge in [0.2, 0.25) is 5.91 Å². The second kappa shape index (κ2) is 3.48. The minimum Gasteiger partial charge on any atom is -0.409 e. The van der Waals surface area contributed by atoms with E-state index in [9.17, 15) is 4.79 Å². The lowest BCUT2D eigenvalue weighted by Gasteiger charge is -2.28. The summed E-state index contributed by atoms with van der Waals surface area (Å²) in [5.74, 6) is -0.148. The molecule has 0 aromatic rings. The van der Waals surface area contributed by atoms with Crippen LogP contribution in [-0.4, -0.2) is 34.9 Å². The number of nitrogens with two attached hydrogens (primary N) is 1. The molecule has 0 aromatic carbocycles. The van der Waals surface area contributed by atoms with Crippen LogP contribution in [0, 0.1) is 5.41 Å². The second-order valence-electron chi connectivity index (χ2n) is 4.26. The van der Waals surface area contributed by atoms with E-state index in [2.05, 4.69) is 5.16 Å². The van der Waals surface area contributed by atoms with E-state index in [1.54, 1.807) is 25.8 Å². The molecule has 1 saturated carbocycles. The number of carbonyl (C=O) groups is 1. The number of nitrogens with zero attached hydrogens (tertiary/aromatic N) is 2. The molecule has 0 spiro atoms. The van der Waals surface area contributed by atoms with E-state index in [0.717, 1.165) is 12.8 Å². The van der Waals surface area contributed by atoms with E-state index in [4.69, 9.17) is 10.9 Å². The lowest BCUT2D eigenvalue weighted by molar-refractivity contribution is -0.136. The maximum Gasteiger partial charge on any atom is 0.235 e. The lowest BCUT2D eigenvalue weighted by atomic mass is 9.90. The van der Waals surface area contributed by atoms with Crippen LogP contribution in [0.4, 0.5) is 0 Å². The quantitative estimate of drug-likeness (QED) is 0.298.